The number of aryl methyl sites for hydroxylation is 2. The highest BCUT2D eigenvalue weighted by molar-refractivity contribution is 5.28. The Bertz CT molecular complexity index is 328. The maximum Gasteiger partial charge on any atom is 0.0208 e. The van der Waals surface area contributed by atoms with E-state index in [2.05, 4.69) is 37.4 Å². The van der Waals surface area contributed by atoms with Crippen molar-refractivity contribution in [3.63, 3.8) is 0 Å². The van der Waals surface area contributed by atoms with Crippen molar-refractivity contribution >= 4 is 0 Å². The van der Waals surface area contributed by atoms with Crippen LogP contribution < -0.4 is 5.32 Å². The topological polar surface area (TPSA) is 12.0 Å². The molecule has 17 heavy (non-hydrogen) atoms. The van der Waals surface area contributed by atoms with Crippen molar-refractivity contribution < 1.29 is 0 Å². The van der Waals surface area contributed by atoms with Gasteiger partial charge < -0.3 is 5.32 Å². The van der Waals surface area contributed by atoms with Gasteiger partial charge in [-0.2, -0.15) is 0 Å². The summed E-state index contributed by atoms with van der Waals surface area (Å²) < 4.78 is 0. The normalized spacial score (nSPS) is 18.0. The van der Waals surface area contributed by atoms with Gasteiger partial charge in [-0.05, 0) is 32.3 Å². The molecule has 1 heteroatoms. The first-order chi connectivity index (χ1) is 8.24. The summed E-state index contributed by atoms with van der Waals surface area (Å²) in [7, 11) is 0. The summed E-state index contributed by atoms with van der Waals surface area (Å²) in [5.41, 5.74) is 4.19. The second-order valence-corrected chi connectivity index (χ2v) is 5.57. The van der Waals surface area contributed by atoms with Crippen LogP contribution in [0, 0.1) is 13.8 Å². The number of hydrogen-bond donors (Lipinski definition) is 1. The van der Waals surface area contributed by atoms with Crippen LogP contribution in [0.5, 0.6) is 0 Å². The average Bonchev–Trinajstić information content (AvgIpc) is 2.53. The molecule has 2 rings (SSSR count). The summed E-state index contributed by atoms with van der Waals surface area (Å²) in [6, 6.07) is 7.60. The molecule has 1 saturated carbocycles. The quantitative estimate of drug-likeness (QED) is 0.772. The molecule has 0 unspecified atom stereocenters. The van der Waals surface area contributed by atoms with E-state index >= 15 is 0 Å². The van der Waals surface area contributed by atoms with Crippen molar-refractivity contribution in [3.05, 3.63) is 34.9 Å². The van der Waals surface area contributed by atoms with Crippen LogP contribution in [0.3, 0.4) is 0 Å². The van der Waals surface area contributed by atoms with Crippen LogP contribution in [0.4, 0.5) is 0 Å². The van der Waals surface area contributed by atoms with Crippen LogP contribution in [0.25, 0.3) is 0 Å². The lowest BCUT2D eigenvalue weighted by Gasteiger charge is -2.16. The highest BCUT2D eigenvalue weighted by atomic mass is 14.9. The van der Waals surface area contributed by atoms with Gasteiger partial charge in [0.15, 0.2) is 0 Å². The fourth-order valence-corrected chi connectivity index (χ4v) is 2.92. The Labute approximate surface area is 106 Å². The second-order valence-electron chi connectivity index (χ2n) is 5.57. The lowest BCUT2D eigenvalue weighted by molar-refractivity contribution is 0.459. The molecule has 0 spiro atoms. The monoisotopic (exact) mass is 231 g/mol. The van der Waals surface area contributed by atoms with E-state index in [1.54, 1.807) is 0 Å². The van der Waals surface area contributed by atoms with Crippen LogP contribution in [-0.2, 0) is 6.54 Å². The zero-order valence-electron chi connectivity index (χ0n) is 11.3. The molecule has 0 aliphatic heterocycles. The molecular weight excluding hydrogens is 206 g/mol. The van der Waals surface area contributed by atoms with Gasteiger partial charge in [-0.3, -0.25) is 0 Å². The average molecular weight is 231 g/mol. The molecule has 1 fully saturated rings. The first-order valence-electron chi connectivity index (χ1n) is 7.04. The van der Waals surface area contributed by atoms with Crippen LogP contribution in [0.1, 0.15) is 55.2 Å². The summed E-state index contributed by atoms with van der Waals surface area (Å²) in [6.45, 7) is 5.40. The van der Waals surface area contributed by atoms with Gasteiger partial charge in [0.05, 0.1) is 0 Å². The zero-order valence-corrected chi connectivity index (χ0v) is 11.3. The van der Waals surface area contributed by atoms with Crippen molar-refractivity contribution in [2.24, 2.45) is 0 Å². The second kappa shape index (κ2) is 6.20. The molecule has 1 aromatic carbocycles. The largest absolute Gasteiger partial charge is 0.310 e. The third kappa shape index (κ3) is 4.16. The van der Waals surface area contributed by atoms with Gasteiger partial charge in [0, 0.05) is 12.6 Å². The molecule has 0 aromatic heterocycles. The molecule has 0 heterocycles. The van der Waals surface area contributed by atoms with E-state index in [1.165, 1.54) is 55.2 Å². The first kappa shape index (κ1) is 12.6. The zero-order chi connectivity index (χ0) is 12.1. The minimum Gasteiger partial charge on any atom is -0.310 e. The SMILES string of the molecule is Cc1cc(C)cc(CNC2CCCCCC2)c1. The smallest absolute Gasteiger partial charge is 0.0208 e. The van der Waals surface area contributed by atoms with E-state index in [-0.39, 0.29) is 0 Å². The Kier molecular flexibility index (Phi) is 4.61. The lowest BCUT2D eigenvalue weighted by atomic mass is 10.1. The van der Waals surface area contributed by atoms with E-state index in [1.807, 2.05) is 0 Å². The Hall–Kier alpha value is -0.820. The van der Waals surface area contributed by atoms with Gasteiger partial charge in [-0.15, -0.1) is 0 Å². The molecule has 0 bridgehead atoms. The molecule has 94 valence electrons. The summed E-state index contributed by atoms with van der Waals surface area (Å²) in [4.78, 5) is 0. The van der Waals surface area contributed by atoms with E-state index in [0.717, 1.165) is 12.6 Å². The standard InChI is InChI=1S/C16H25N/c1-13-9-14(2)11-15(10-13)12-17-16-7-5-3-4-6-8-16/h9-11,16-17H,3-8,12H2,1-2H3. The van der Waals surface area contributed by atoms with Crippen molar-refractivity contribution in [1.82, 2.24) is 5.32 Å². The highest BCUT2D eigenvalue weighted by Gasteiger charge is 2.11. The third-order valence-corrected chi connectivity index (χ3v) is 3.73. The van der Waals surface area contributed by atoms with E-state index in [0.29, 0.717) is 0 Å². The van der Waals surface area contributed by atoms with Crippen LogP contribution in [-0.4, -0.2) is 6.04 Å². The third-order valence-electron chi connectivity index (χ3n) is 3.73. The minimum atomic E-state index is 0.748. The van der Waals surface area contributed by atoms with Crippen LogP contribution in [0.2, 0.25) is 0 Å². The maximum atomic E-state index is 3.73. The van der Waals surface area contributed by atoms with Gasteiger partial charge in [0.1, 0.15) is 0 Å². The molecule has 0 saturated heterocycles. The highest BCUT2D eigenvalue weighted by Crippen LogP contribution is 2.18. The van der Waals surface area contributed by atoms with Crippen molar-refractivity contribution in [1.29, 1.82) is 0 Å². The van der Waals surface area contributed by atoms with Crippen molar-refractivity contribution in [2.45, 2.75) is 65.0 Å². The Morgan fingerprint density at radius 2 is 1.53 bits per heavy atom. The Morgan fingerprint density at radius 3 is 2.12 bits per heavy atom. The number of nitrogens with one attached hydrogen (secondary N) is 1. The summed E-state index contributed by atoms with van der Waals surface area (Å²) in [6.07, 6.45) is 8.41. The fourth-order valence-electron chi connectivity index (χ4n) is 2.92. The number of hydrogen-bond acceptors (Lipinski definition) is 1. The molecule has 0 atom stereocenters. The van der Waals surface area contributed by atoms with Gasteiger partial charge in [-0.25, -0.2) is 0 Å². The number of rotatable bonds is 3. The fraction of sp³-hybridized carbons (Fsp3) is 0.625. The molecule has 1 aliphatic carbocycles. The summed E-state index contributed by atoms with van der Waals surface area (Å²) >= 11 is 0. The molecule has 0 radical (unpaired) electrons. The summed E-state index contributed by atoms with van der Waals surface area (Å²) in [5.74, 6) is 0. The molecule has 1 N–H and O–H groups in total. The van der Waals surface area contributed by atoms with E-state index in [9.17, 15) is 0 Å². The van der Waals surface area contributed by atoms with Crippen molar-refractivity contribution in [3.8, 4) is 0 Å². The molecule has 1 aromatic rings. The molecular formula is C16H25N. The first-order valence-corrected chi connectivity index (χ1v) is 7.04. The van der Waals surface area contributed by atoms with Gasteiger partial charge in [0.2, 0.25) is 0 Å². The van der Waals surface area contributed by atoms with Crippen LogP contribution in [0.15, 0.2) is 18.2 Å². The lowest BCUT2D eigenvalue weighted by Crippen LogP contribution is -2.27. The van der Waals surface area contributed by atoms with E-state index in [4.69, 9.17) is 0 Å². The summed E-state index contributed by atoms with van der Waals surface area (Å²) in [5, 5.41) is 3.73. The molecule has 1 nitrogen and oxygen atoms in total. The molecule has 1 aliphatic rings. The Morgan fingerprint density at radius 1 is 0.941 bits per heavy atom. The predicted molar refractivity (Wildman–Crippen MR) is 74.2 cm³/mol. The van der Waals surface area contributed by atoms with Gasteiger partial charge >= 0.3 is 0 Å². The molecule has 0 amide bonds. The van der Waals surface area contributed by atoms with Gasteiger partial charge in [-0.1, -0.05) is 55.0 Å². The predicted octanol–water partition coefficient (Wildman–Crippen LogP) is 4.12. The minimum absolute atomic E-state index is 0.748. The van der Waals surface area contributed by atoms with Crippen LogP contribution >= 0.6 is 0 Å². The van der Waals surface area contributed by atoms with E-state index < -0.39 is 0 Å². The maximum absolute atomic E-state index is 3.73. The van der Waals surface area contributed by atoms with Gasteiger partial charge in [0.25, 0.3) is 0 Å². The Balaban J connectivity index is 1.87. The van der Waals surface area contributed by atoms with Crippen molar-refractivity contribution in [2.75, 3.05) is 0 Å². The number of benzene rings is 1.